The minimum atomic E-state index is -0.200. The Bertz CT molecular complexity index is 898. The maximum Gasteiger partial charge on any atom is 0.275 e. The third-order valence-corrected chi connectivity index (χ3v) is 5.28. The van der Waals surface area contributed by atoms with Crippen LogP contribution < -0.4 is 0 Å². The predicted molar refractivity (Wildman–Crippen MR) is 91.1 cm³/mol. The van der Waals surface area contributed by atoms with E-state index in [2.05, 4.69) is 20.3 Å². The van der Waals surface area contributed by atoms with Crippen LogP contribution >= 0.6 is 11.3 Å². The van der Waals surface area contributed by atoms with Crippen molar-refractivity contribution in [3.8, 4) is 10.8 Å². The van der Waals surface area contributed by atoms with Gasteiger partial charge in [0, 0.05) is 19.3 Å². The smallest absolute Gasteiger partial charge is 0.275 e. The quantitative estimate of drug-likeness (QED) is 0.712. The summed E-state index contributed by atoms with van der Waals surface area (Å²) in [5.41, 5.74) is 3.07. The van der Waals surface area contributed by atoms with Gasteiger partial charge in [-0.15, -0.1) is 21.5 Å². The maximum absolute atomic E-state index is 12.8. The van der Waals surface area contributed by atoms with E-state index in [1.165, 1.54) is 11.3 Å². The highest BCUT2D eigenvalue weighted by molar-refractivity contribution is 7.13. The van der Waals surface area contributed by atoms with Crippen molar-refractivity contribution < 1.29 is 9.21 Å². The monoisotopic (exact) mass is 358 g/mol. The molecule has 0 bridgehead atoms. The molecule has 8 nitrogen and oxygen atoms in total. The lowest BCUT2D eigenvalue weighted by molar-refractivity contribution is 0.0709. The van der Waals surface area contributed by atoms with E-state index in [1.54, 1.807) is 21.2 Å². The van der Waals surface area contributed by atoms with E-state index >= 15 is 0 Å². The third kappa shape index (κ3) is 2.84. The summed E-state index contributed by atoms with van der Waals surface area (Å²) < 4.78 is 7.61. The van der Waals surface area contributed by atoms with Gasteiger partial charge >= 0.3 is 0 Å². The summed E-state index contributed by atoms with van der Waals surface area (Å²) in [4.78, 5) is 19.7. The Kier molecular flexibility index (Phi) is 4.08. The van der Waals surface area contributed by atoms with Crippen LogP contribution in [0.5, 0.6) is 0 Å². The van der Waals surface area contributed by atoms with Crippen LogP contribution in [0.2, 0.25) is 0 Å². The van der Waals surface area contributed by atoms with Gasteiger partial charge < -0.3 is 9.32 Å². The Hall–Kier alpha value is -2.55. The number of hydrogen-bond donors (Lipinski definition) is 0. The average molecular weight is 358 g/mol. The molecule has 0 N–H and O–H groups in total. The highest BCUT2D eigenvalue weighted by atomic mass is 32.1. The Morgan fingerprint density at radius 1 is 1.44 bits per heavy atom. The molecule has 9 heteroatoms. The fourth-order valence-corrected chi connectivity index (χ4v) is 3.76. The first-order chi connectivity index (χ1) is 12.2. The second-order valence-electron chi connectivity index (χ2n) is 5.93. The van der Waals surface area contributed by atoms with Gasteiger partial charge in [0.2, 0.25) is 5.89 Å². The standard InChI is InChI=1S/C16H18N6O2S/c1-3-21-8-6-11(20-21)16(23)22-7-4-5-12(22)14-18-19-15(24-14)13-10(2)17-9-25-13/h6,8-9,12H,3-5,7H2,1-2H3/t12-/m1/s1. The normalized spacial score (nSPS) is 17.4. The summed E-state index contributed by atoms with van der Waals surface area (Å²) >= 11 is 1.47. The van der Waals surface area contributed by atoms with E-state index < -0.39 is 0 Å². The van der Waals surface area contributed by atoms with Gasteiger partial charge in [-0.2, -0.15) is 5.10 Å². The van der Waals surface area contributed by atoms with Crippen LogP contribution in [0.25, 0.3) is 10.8 Å². The van der Waals surface area contributed by atoms with E-state index in [9.17, 15) is 4.79 Å². The molecule has 4 rings (SSSR count). The molecule has 3 aromatic rings. The second-order valence-corrected chi connectivity index (χ2v) is 6.78. The molecule has 1 aliphatic heterocycles. The van der Waals surface area contributed by atoms with Crippen LogP contribution in [-0.2, 0) is 6.54 Å². The largest absolute Gasteiger partial charge is 0.418 e. The predicted octanol–water partition coefficient (Wildman–Crippen LogP) is 2.70. The van der Waals surface area contributed by atoms with Crippen molar-refractivity contribution in [2.45, 2.75) is 39.3 Å². The number of likely N-dealkylation sites (tertiary alicyclic amines) is 1. The first kappa shape index (κ1) is 15.9. The minimum Gasteiger partial charge on any atom is -0.418 e. The van der Waals surface area contributed by atoms with Crippen molar-refractivity contribution in [1.82, 2.24) is 29.9 Å². The van der Waals surface area contributed by atoms with Crippen LogP contribution in [0.1, 0.15) is 47.9 Å². The lowest BCUT2D eigenvalue weighted by atomic mass is 10.2. The molecular weight excluding hydrogens is 340 g/mol. The summed E-state index contributed by atoms with van der Waals surface area (Å²) in [6, 6.07) is 1.55. The van der Waals surface area contributed by atoms with Gasteiger partial charge in [-0.3, -0.25) is 9.48 Å². The van der Waals surface area contributed by atoms with Gasteiger partial charge in [0.15, 0.2) is 0 Å². The highest BCUT2D eigenvalue weighted by Crippen LogP contribution is 2.34. The number of aromatic nitrogens is 5. The molecule has 25 heavy (non-hydrogen) atoms. The van der Waals surface area contributed by atoms with Crippen molar-refractivity contribution in [1.29, 1.82) is 0 Å². The average Bonchev–Trinajstić information content (AvgIpc) is 3.38. The van der Waals surface area contributed by atoms with Crippen molar-refractivity contribution in [3.63, 3.8) is 0 Å². The Labute approximate surface area is 148 Å². The van der Waals surface area contributed by atoms with Gasteiger partial charge in [-0.05, 0) is 32.8 Å². The number of hydrogen-bond acceptors (Lipinski definition) is 7. The van der Waals surface area contributed by atoms with Crippen molar-refractivity contribution in [2.24, 2.45) is 0 Å². The summed E-state index contributed by atoms with van der Waals surface area (Å²) in [5.74, 6) is 0.844. The van der Waals surface area contributed by atoms with Gasteiger partial charge in [-0.1, -0.05) is 0 Å². The fourth-order valence-electron chi connectivity index (χ4n) is 3.03. The van der Waals surface area contributed by atoms with Gasteiger partial charge in [0.25, 0.3) is 11.8 Å². The lowest BCUT2D eigenvalue weighted by Crippen LogP contribution is -2.31. The molecule has 1 atom stereocenters. The molecule has 1 fully saturated rings. The molecule has 130 valence electrons. The molecule has 0 unspecified atom stereocenters. The summed E-state index contributed by atoms with van der Waals surface area (Å²) in [6.07, 6.45) is 3.53. The number of carbonyl (C=O) groups is 1. The Balaban J connectivity index is 1.58. The van der Waals surface area contributed by atoms with Gasteiger partial charge in [0.1, 0.15) is 16.6 Å². The zero-order chi connectivity index (χ0) is 17.4. The summed E-state index contributed by atoms with van der Waals surface area (Å²) in [6.45, 7) is 5.30. The zero-order valence-corrected chi connectivity index (χ0v) is 14.9. The molecule has 0 spiro atoms. The van der Waals surface area contributed by atoms with E-state index in [4.69, 9.17) is 4.42 Å². The van der Waals surface area contributed by atoms with Crippen molar-refractivity contribution in [3.05, 3.63) is 35.1 Å². The number of aryl methyl sites for hydroxylation is 2. The number of amides is 1. The summed E-state index contributed by atoms with van der Waals surface area (Å²) in [7, 11) is 0. The number of rotatable bonds is 4. The first-order valence-electron chi connectivity index (χ1n) is 8.25. The van der Waals surface area contributed by atoms with E-state index in [1.807, 2.05) is 20.0 Å². The topological polar surface area (TPSA) is 89.9 Å². The maximum atomic E-state index is 12.8. The van der Waals surface area contributed by atoms with Crippen LogP contribution in [0, 0.1) is 6.92 Å². The molecule has 1 saturated heterocycles. The molecule has 1 aliphatic rings. The molecule has 0 radical (unpaired) electrons. The first-order valence-corrected chi connectivity index (χ1v) is 9.13. The molecule has 1 amide bonds. The fraction of sp³-hybridized carbons (Fsp3) is 0.438. The minimum absolute atomic E-state index is 0.0941. The van der Waals surface area contributed by atoms with Gasteiger partial charge in [0.05, 0.1) is 11.2 Å². The van der Waals surface area contributed by atoms with E-state index in [0.29, 0.717) is 24.0 Å². The summed E-state index contributed by atoms with van der Waals surface area (Å²) in [5, 5.41) is 12.6. The molecule has 4 heterocycles. The van der Waals surface area contributed by atoms with Crippen molar-refractivity contribution in [2.75, 3.05) is 6.54 Å². The molecule has 0 aliphatic carbocycles. The van der Waals surface area contributed by atoms with Crippen LogP contribution in [0.3, 0.4) is 0 Å². The van der Waals surface area contributed by atoms with Crippen LogP contribution in [-0.4, -0.2) is 42.3 Å². The highest BCUT2D eigenvalue weighted by Gasteiger charge is 2.35. The van der Waals surface area contributed by atoms with Crippen LogP contribution in [0.4, 0.5) is 0 Å². The Morgan fingerprint density at radius 3 is 3.04 bits per heavy atom. The molecular formula is C16H18N6O2S. The van der Waals surface area contributed by atoms with E-state index in [-0.39, 0.29) is 11.9 Å². The number of carbonyl (C=O) groups excluding carboxylic acids is 1. The number of thiazole rings is 1. The molecule has 0 aromatic carbocycles. The van der Waals surface area contributed by atoms with E-state index in [0.717, 1.165) is 30.0 Å². The second kappa shape index (κ2) is 6.40. The Morgan fingerprint density at radius 2 is 2.32 bits per heavy atom. The van der Waals surface area contributed by atoms with Gasteiger partial charge in [-0.25, -0.2) is 4.98 Å². The third-order valence-electron chi connectivity index (χ3n) is 4.36. The molecule has 0 saturated carbocycles. The lowest BCUT2D eigenvalue weighted by Gasteiger charge is -2.20. The number of nitrogens with zero attached hydrogens (tertiary/aromatic N) is 6. The van der Waals surface area contributed by atoms with Crippen molar-refractivity contribution >= 4 is 17.2 Å². The molecule has 3 aromatic heterocycles. The zero-order valence-electron chi connectivity index (χ0n) is 14.0. The SMILES string of the molecule is CCn1ccc(C(=O)N2CCC[C@@H]2c2nnc(-c3scnc3C)o2)n1. The van der Waals surface area contributed by atoms with Crippen LogP contribution in [0.15, 0.2) is 22.2 Å².